The first-order valence-corrected chi connectivity index (χ1v) is 10.5. The van der Waals surface area contributed by atoms with E-state index in [1.807, 2.05) is 0 Å². The summed E-state index contributed by atoms with van der Waals surface area (Å²) < 4.78 is 84.7. The average molecular weight is 456 g/mol. The van der Waals surface area contributed by atoms with Gasteiger partial charge in [-0.2, -0.15) is 21.6 Å². The van der Waals surface area contributed by atoms with E-state index in [-0.39, 0.29) is 37.3 Å². The van der Waals surface area contributed by atoms with Crippen LogP contribution in [0.4, 0.5) is 22.4 Å². The van der Waals surface area contributed by atoms with Gasteiger partial charge in [-0.1, -0.05) is 18.2 Å². The molecule has 170 valence electrons. The van der Waals surface area contributed by atoms with Crippen molar-refractivity contribution in [3.63, 3.8) is 0 Å². The van der Waals surface area contributed by atoms with E-state index in [9.17, 15) is 30.8 Å². The van der Waals surface area contributed by atoms with E-state index in [1.165, 1.54) is 34.1 Å². The minimum atomic E-state index is -5.91. The van der Waals surface area contributed by atoms with Gasteiger partial charge in [0.25, 0.3) is 0 Å². The number of alkyl halides is 4. The third-order valence-corrected chi connectivity index (χ3v) is 5.19. The van der Waals surface area contributed by atoms with Crippen LogP contribution >= 0.6 is 0 Å². The maximum atomic E-state index is 13.0. The van der Waals surface area contributed by atoms with Crippen molar-refractivity contribution >= 4 is 16.2 Å². The highest BCUT2D eigenvalue weighted by molar-refractivity contribution is 7.87. The van der Waals surface area contributed by atoms with Crippen LogP contribution in [0.15, 0.2) is 24.3 Å². The molecule has 1 heterocycles. The largest absolute Gasteiger partial charge is 0.523 e. The fourth-order valence-corrected chi connectivity index (χ4v) is 3.38. The molecule has 1 saturated heterocycles. The van der Waals surface area contributed by atoms with E-state index in [0.717, 1.165) is 0 Å². The van der Waals surface area contributed by atoms with Crippen molar-refractivity contribution in [1.29, 1.82) is 0 Å². The van der Waals surface area contributed by atoms with Crippen LogP contribution in [0.2, 0.25) is 0 Å². The molecular weight excluding hydrogens is 432 g/mol. The van der Waals surface area contributed by atoms with Crippen LogP contribution in [-0.2, 0) is 25.7 Å². The van der Waals surface area contributed by atoms with Gasteiger partial charge in [-0.05, 0) is 38.0 Å². The van der Waals surface area contributed by atoms with Crippen molar-refractivity contribution in [2.24, 2.45) is 0 Å². The molecule has 0 aliphatic carbocycles. The summed E-state index contributed by atoms with van der Waals surface area (Å²) in [4.78, 5) is 14.9. The van der Waals surface area contributed by atoms with E-state index in [4.69, 9.17) is 4.74 Å². The van der Waals surface area contributed by atoms with E-state index >= 15 is 0 Å². The average Bonchev–Trinajstić information content (AvgIpc) is 2.64. The fraction of sp³-hybridized carbons (Fsp3) is 0.611. The Labute approximate surface area is 172 Å². The molecule has 30 heavy (non-hydrogen) atoms. The van der Waals surface area contributed by atoms with Crippen LogP contribution in [-0.4, -0.2) is 61.6 Å². The maximum Gasteiger partial charge on any atom is 0.523 e. The summed E-state index contributed by atoms with van der Waals surface area (Å²) >= 11 is 0. The lowest BCUT2D eigenvalue weighted by atomic mass is 10.1. The standard InChI is InChI=1S/C18H24F4N2O5S/c1-17(2,3)28-16(25)24-9-7-23(8-10-24)15(29-30(26,27)18(20,21)22)14-6-4-5-13(11-14)12-19/h4-6,11,15H,7-10,12H2,1-3H3. The number of nitrogens with zero attached hydrogens (tertiary/aromatic N) is 2. The van der Waals surface area contributed by atoms with E-state index in [1.54, 1.807) is 20.8 Å². The van der Waals surface area contributed by atoms with Crippen molar-refractivity contribution in [1.82, 2.24) is 9.80 Å². The third kappa shape index (κ3) is 6.29. The van der Waals surface area contributed by atoms with Crippen LogP contribution < -0.4 is 0 Å². The Balaban J connectivity index is 2.23. The van der Waals surface area contributed by atoms with Crippen LogP contribution in [0.25, 0.3) is 0 Å². The summed E-state index contributed by atoms with van der Waals surface area (Å²) in [5, 5.41) is 0. The lowest BCUT2D eigenvalue weighted by molar-refractivity contribution is -0.0726. The lowest BCUT2D eigenvalue weighted by Crippen LogP contribution is -2.51. The molecule has 0 spiro atoms. The first-order chi connectivity index (χ1) is 13.7. The number of hydrogen-bond donors (Lipinski definition) is 0. The highest BCUT2D eigenvalue weighted by atomic mass is 32.2. The molecule has 1 aliphatic rings. The number of halogens is 4. The Kier molecular flexibility index (Phi) is 7.36. The molecule has 0 radical (unpaired) electrons. The molecule has 0 aromatic heterocycles. The van der Waals surface area contributed by atoms with Gasteiger partial charge < -0.3 is 9.64 Å². The summed E-state index contributed by atoms with van der Waals surface area (Å²) in [6, 6.07) is 5.42. The van der Waals surface area contributed by atoms with Gasteiger partial charge in [0.1, 0.15) is 12.3 Å². The van der Waals surface area contributed by atoms with E-state index in [2.05, 4.69) is 4.18 Å². The maximum absolute atomic E-state index is 13.0. The van der Waals surface area contributed by atoms with Crippen molar-refractivity contribution in [3.05, 3.63) is 35.4 Å². The predicted molar refractivity (Wildman–Crippen MR) is 99.4 cm³/mol. The summed E-state index contributed by atoms with van der Waals surface area (Å²) in [6.45, 7) is 4.45. The van der Waals surface area contributed by atoms with Crippen molar-refractivity contribution in [2.45, 2.75) is 44.8 Å². The SMILES string of the molecule is CC(C)(C)OC(=O)N1CCN(C(OS(=O)(=O)C(F)(F)F)c2cccc(CF)c2)CC1. The molecule has 0 saturated carbocycles. The number of benzene rings is 1. The predicted octanol–water partition coefficient (Wildman–Crippen LogP) is 3.57. The fourth-order valence-electron chi connectivity index (χ4n) is 2.80. The van der Waals surface area contributed by atoms with Crippen molar-refractivity contribution in [2.75, 3.05) is 26.2 Å². The zero-order valence-electron chi connectivity index (χ0n) is 16.8. The second kappa shape index (κ2) is 9.06. The number of ether oxygens (including phenoxy) is 1. The van der Waals surface area contributed by atoms with Gasteiger partial charge in [0.05, 0.1) is 0 Å². The molecule has 1 fully saturated rings. The summed E-state index contributed by atoms with van der Waals surface area (Å²) in [5.41, 5.74) is -6.10. The zero-order valence-corrected chi connectivity index (χ0v) is 17.6. The minimum Gasteiger partial charge on any atom is -0.444 e. The number of piperazine rings is 1. The molecule has 1 amide bonds. The minimum absolute atomic E-state index is 0.0249. The number of hydrogen-bond acceptors (Lipinski definition) is 6. The molecule has 1 atom stereocenters. The first kappa shape index (κ1) is 24.4. The van der Waals surface area contributed by atoms with Gasteiger partial charge in [-0.3, -0.25) is 4.90 Å². The van der Waals surface area contributed by atoms with Gasteiger partial charge in [0, 0.05) is 26.2 Å². The van der Waals surface area contributed by atoms with Gasteiger partial charge in [-0.25, -0.2) is 13.4 Å². The summed E-state index contributed by atoms with van der Waals surface area (Å²) in [7, 11) is -5.91. The van der Waals surface area contributed by atoms with Gasteiger partial charge in [0.15, 0.2) is 6.23 Å². The topological polar surface area (TPSA) is 76.2 Å². The second-order valence-corrected chi connectivity index (χ2v) is 9.29. The van der Waals surface area contributed by atoms with E-state index < -0.39 is 40.2 Å². The zero-order chi connectivity index (χ0) is 22.7. The summed E-state index contributed by atoms with van der Waals surface area (Å²) in [5.74, 6) is 0. The molecule has 2 rings (SSSR count). The monoisotopic (exact) mass is 456 g/mol. The van der Waals surface area contributed by atoms with E-state index in [0.29, 0.717) is 0 Å². The molecule has 1 aliphatic heterocycles. The molecule has 1 unspecified atom stereocenters. The van der Waals surface area contributed by atoms with Crippen molar-refractivity contribution in [3.8, 4) is 0 Å². The first-order valence-electron chi connectivity index (χ1n) is 9.10. The highest BCUT2D eigenvalue weighted by Crippen LogP contribution is 2.33. The third-order valence-electron chi connectivity index (χ3n) is 4.19. The van der Waals surface area contributed by atoms with Crippen LogP contribution in [0.3, 0.4) is 0 Å². The van der Waals surface area contributed by atoms with Crippen LogP contribution in [0, 0.1) is 0 Å². The van der Waals surface area contributed by atoms with Crippen molar-refractivity contribution < 1.29 is 39.7 Å². The highest BCUT2D eigenvalue weighted by Gasteiger charge is 2.49. The Morgan fingerprint density at radius 3 is 2.23 bits per heavy atom. The molecule has 12 heteroatoms. The number of rotatable bonds is 5. The number of amides is 1. The molecule has 0 bridgehead atoms. The summed E-state index contributed by atoms with van der Waals surface area (Å²) in [6.07, 6.45) is -2.20. The van der Waals surface area contributed by atoms with Crippen LogP contribution in [0.5, 0.6) is 0 Å². The van der Waals surface area contributed by atoms with Gasteiger partial charge in [-0.15, -0.1) is 0 Å². The number of carbonyl (C=O) groups excluding carboxylic acids is 1. The van der Waals surface area contributed by atoms with Gasteiger partial charge in [0.2, 0.25) is 0 Å². The Morgan fingerprint density at radius 1 is 1.13 bits per heavy atom. The molecule has 1 aromatic carbocycles. The van der Waals surface area contributed by atoms with Crippen LogP contribution in [0.1, 0.15) is 38.1 Å². The smallest absolute Gasteiger partial charge is 0.444 e. The van der Waals surface area contributed by atoms with Gasteiger partial charge >= 0.3 is 21.7 Å². The molecular formula is C18H24F4N2O5S. The lowest BCUT2D eigenvalue weighted by Gasteiger charge is -2.39. The Hall–Kier alpha value is -1.92. The Morgan fingerprint density at radius 2 is 1.73 bits per heavy atom. The quantitative estimate of drug-likeness (QED) is 0.383. The molecule has 1 aromatic rings. The normalized spacial score (nSPS) is 17.6. The second-order valence-electron chi connectivity index (χ2n) is 7.73. The molecule has 7 nitrogen and oxygen atoms in total. The Bertz CT molecular complexity index is 847. The molecule has 0 N–H and O–H groups in total. The number of carbonyl (C=O) groups is 1.